The minimum Gasteiger partial charge on any atom is -0.699 e. The van der Waals surface area contributed by atoms with Crippen LogP contribution in [0.4, 0.5) is 5.69 Å². The maximum absolute atomic E-state index is 7.00. The summed E-state index contributed by atoms with van der Waals surface area (Å²) in [6.45, 7) is 0. The van der Waals surface area contributed by atoms with Gasteiger partial charge in [0.25, 0.3) is 0 Å². The molecular weight excluding hydrogens is 229 g/mol. The van der Waals surface area contributed by atoms with Crippen LogP contribution in [0.1, 0.15) is 6.42 Å². The van der Waals surface area contributed by atoms with Crippen molar-refractivity contribution in [1.29, 1.82) is 0 Å². The Balaban J connectivity index is 0. The van der Waals surface area contributed by atoms with Crippen LogP contribution in [0.15, 0.2) is 48.6 Å². The number of hydrogen-bond donors (Lipinski definition) is 0. The Bertz CT molecular complexity index is 260. The molecule has 1 N–H and O–H groups in total. The summed E-state index contributed by atoms with van der Waals surface area (Å²) in [5.74, 6) is 0. The maximum atomic E-state index is 7.00. The number of nitrogens with one attached hydrogen (secondary N) is 1. The molecule has 1 aromatic rings. The molecule has 0 fully saturated rings. The third kappa shape index (κ3) is 8.12. The largest absolute Gasteiger partial charge is 2.00 e. The Morgan fingerprint density at radius 1 is 1.14 bits per heavy atom. The molecule has 0 heterocycles. The van der Waals surface area contributed by atoms with E-state index in [-0.39, 0.29) is 34.1 Å². The van der Waals surface area contributed by atoms with Crippen molar-refractivity contribution in [1.82, 2.24) is 0 Å². The third-order valence-corrected chi connectivity index (χ3v) is 1.36. The van der Waals surface area contributed by atoms with Crippen LogP contribution in [0.3, 0.4) is 0 Å². The molecule has 1 aromatic carbocycles. The van der Waals surface area contributed by atoms with Gasteiger partial charge in [-0.1, -0.05) is 30.3 Å². The van der Waals surface area contributed by atoms with Gasteiger partial charge in [0.2, 0.25) is 0 Å². The number of allylic oxidation sites excluding steroid dienone is 4. The smallest absolute Gasteiger partial charge is 0.699 e. The second-order valence-corrected chi connectivity index (χ2v) is 2.37. The normalized spacial score (nSPS) is 10.6. The predicted octanol–water partition coefficient (Wildman–Crippen LogP) is 4.10. The van der Waals surface area contributed by atoms with Gasteiger partial charge in [0.05, 0.1) is 0 Å². The molecule has 0 radical (unpaired) electrons. The zero-order valence-electron chi connectivity index (χ0n) is 7.73. The first-order chi connectivity index (χ1) is 5.89. The summed E-state index contributed by atoms with van der Waals surface area (Å²) in [4.78, 5) is 0. The van der Waals surface area contributed by atoms with Gasteiger partial charge in [0.1, 0.15) is 0 Å². The average Bonchev–Trinajstić information content (AvgIpc) is 2.62. The van der Waals surface area contributed by atoms with E-state index >= 15 is 0 Å². The molecule has 0 bridgehead atoms. The van der Waals surface area contributed by atoms with Crippen LogP contribution in [0.5, 0.6) is 0 Å². The number of benzene rings is 1. The van der Waals surface area contributed by atoms with E-state index in [1.807, 2.05) is 30.4 Å². The minimum absolute atomic E-state index is 0. The van der Waals surface area contributed by atoms with Gasteiger partial charge in [-0.15, -0.1) is 24.5 Å². The fraction of sp³-hybridized carbons (Fsp3) is 0.0909. The molecule has 3 heteroatoms. The van der Waals surface area contributed by atoms with Crippen LogP contribution in [-0.2, 0) is 21.7 Å². The quantitative estimate of drug-likeness (QED) is 0.482. The molecule has 72 valence electrons. The van der Waals surface area contributed by atoms with Crippen molar-refractivity contribution in [3.05, 3.63) is 60.4 Å². The van der Waals surface area contributed by atoms with Gasteiger partial charge in [0, 0.05) is 0 Å². The summed E-state index contributed by atoms with van der Waals surface area (Å²) < 4.78 is 0. The van der Waals surface area contributed by atoms with Gasteiger partial charge in [0.15, 0.2) is 0 Å². The fourth-order valence-electron chi connectivity index (χ4n) is 0.778. The molecule has 1 aliphatic rings. The van der Waals surface area contributed by atoms with Crippen molar-refractivity contribution in [3.8, 4) is 0 Å². The second kappa shape index (κ2) is 10.6. The van der Waals surface area contributed by atoms with Crippen LogP contribution in [-0.4, -0.2) is 0 Å². The molecule has 0 aromatic heterocycles. The number of halogens is 1. The molecule has 0 aliphatic heterocycles. The van der Waals surface area contributed by atoms with E-state index in [2.05, 4.69) is 12.2 Å². The van der Waals surface area contributed by atoms with Gasteiger partial charge >= 0.3 is 21.7 Å². The molecule has 2 rings (SSSR count). The molecule has 0 spiro atoms. The molecule has 1 aliphatic carbocycles. The van der Waals surface area contributed by atoms with Crippen molar-refractivity contribution in [2.75, 3.05) is 0 Å². The van der Waals surface area contributed by atoms with Crippen molar-refractivity contribution in [3.63, 3.8) is 0 Å². The number of hydrogen-bond acceptors (Lipinski definition) is 0. The van der Waals surface area contributed by atoms with Gasteiger partial charge < -0.3 is 5.73 Å². The summed E-state index contributed by atoms with van der Waals surface area (Å²) in [5, 5.41) is 0. The molecule has 14 heavy (non-hydrogen) atoms. The summed E-state index contributed by atoms with van der Waals surface area (Å²) in [6, 6.07) is 9.10. The Kier molecular flexibility index (Phi) is 12.1. The van der Waals surface area contributed by atoms with Crippen LogP contribution < -0.4 is 0 Å². The topological polar surface area (TPSA) is 23.8 Å². The van der Waals surface area contributed by atoms with Gasteiger partial charge in [-0.3, -0.25) is 6.08 Å². The van der Waals surface area contributed by atoms with Crippen LogP contribution in [0, 0.1) is 6.08 Å². The molecule has 0 amide bonds. The van der Waals surface area contributed by atoms with Crippen molar-refractivity contribution in [2.45, 2.75) is 6.42 Å². The Labute approximate surface area is 106 Å². The van der Waals surface area contributed by atoms with E-state index in [1.54, 1.807) is 12.1 Å². The summed E-state index contributed by atoms with van der Waals surface area (Å²) in [5.41, 5.74) is 7.57. The van der Waals surface area contributed by atoms with E-state index < -0.39 is 0 Å². The van der Waals surface area contributed by atoms with Gasteiger partial charge in [-0.25, -0.2) is 12.2 Å². The van der Waals surface area contributed by atoms with Crippen molar-refractivity contribution < 1.29 is 21.7 Å². The van der Waals surface area contributed by atoms with E-state index in [4.69, 9.17) is 5.73 Å². The average molecular weight is 242 g/mol. The van der Waals surface area contributed by atoms with Gasteiger partial charge in [-0.05, 0) is 0 Å². The fourth-order valence-corrected chi connectivity index (χ4v) is 0.778. The van der Waals surface area contributed by atoms with E-state index in [0.29, 0.717) is 5.69 Å². The van der Waals surface area contributed by atoms with Crippen molar-refractivity contribution in [2.24, 2.45) is 0 Å². The summed E-state index contributed by atoms with van der Waals surface area (Å²) in [6.07, 6.45) is 10.0. The van der Waals surface area contributed by atoms with E-state index in [0.717, 1.165) is 6.42 Å². The maximum Gasteiger partial charge on any atom is 2.00 e. The van der Waals surface area contributed by atoms with Crippen LogP contribution in [0.2, 0.25) is 0 Å². The Morgan fingerprint density at radius 3 is 2.00 bits per heavy atom. The Hall–Kier alpha value is -0.496. The minimum atomic E-state index is 0. The number of rotatable bonds is 0. The molecule has 1 nitrogen and oxygen atoms in total. The first-order valence-electron chi connectivity index (χ1n) is 3.88. The monoisotopic (exact) mass is 241 g/mol. The summed E-state index contributed by atoms with van der Waals surface area (Å²) in [7, 11) is 0. The Morgan fingerprint density at radius 2 is 1.79 bits per heavy atom. The first kappa shape index (κ1) is 16.0. The molecule has 0 atom stereocenters. The predicted molar refractivity (Wildman–Crippen MR) is 59.2 cm³/mol. The zero-order valence-corrected chi connectivity index (χ0v) is 10.1. The van der Waals surface area contributed by atoms with E-state index in [1.165, 1.54) is 0 Å². The first-order valence-corrected chi connectivity index (χ1v) is 3.88. The standard InChI is InChI=1S/C6H6N.C5H5.ClH.Ti/c7-6-4-2-1-3-5-6;1-2-4-5-3-1;;/h1-5,7H;1-3H,4H2;1H;/q2*-1;;+2. The van der Waals surface area contributed by atoms with E-state index in [9.17, 15) is 0 Å². The molecule has 0 unspecified atom stereocenters. The van der Waals surface area contributed by atoms with Crippen LogP contribution in [0.25, 0.3) is 5.73 Å². The third-order valence-electron chi connectivity index (χ3n) is 1.36. The summed E-state index contributed by atoms with van der Waals surface area (Å²) >= 11 is 0. The zero-order chi connectivity index (χ0) is 8.65. The SMILES string of the molecule is Cl.[C-]1=CC=CC1.[NH-]c1ccccc1.[Ti+2]. The van der Waals surface area contributed by atoms with Crippen LogP contribution >= 0.6 is 12.4 Å². The molecule has 0 saturated heterocycles. The molecular formula is C11H12ClNTi. The molecule has 0 saturated carbocycles. The second-order valence-electron chi connectivity index (χ2n) is 2.37. The van der Waals surface area contributed by atoms with Gasteiger partial charge in [-0.2, -0.15) is 6.08 Å². The van der Waals surface area contributed by atoms with Crippen molar-refractivity contribution >= 4 is 18.1 Å².